The zero-order chi connectivity index (χ0) is 26.5. The number of rotatable bonds is 3. The number of anilines is 2. The van der Waals surface area contributed by atoms with Crippen molar-refractivity contribution in [1.29, 1.82) is 0 Å². The van der Waals surface area contributed by atoms with E-state index in [-0.39, 0.29) is 46.6 Å². The number of fused-ring (bicyclic) bond motifs is 2. The van der Waals surface area contributed by atoms with Crippen LogP contribution in [0.2, 0.25) is 5.02 Å². The van der Waals surface area contributed by atoms with Gasteiger partial charge < -0.3 is 15.0 Å². The van der Waals surface area contributed by atoms with E-state index >= 15 is 0 Å². The minimum absolute atomic E-state index is 0.0578. The predicted molar refractivity (Wildman–Crippen MR) is 136 cm³/mol. The zero-order valence-corrected chi connectivity index (χ0v) is 21.0. The topological polar surface area (TPSA) is 110 Å². The number of likely N-dealkylation sites (tertiary alicyclic amines) is 1. The molecule has 1 amide bonds. The summed E-state index contributed by atoms with van der Waals surface area (Å²) in [5.41, 5.74) is -0.0309. The minimum atomic E-state index is -0.556. The molecule has 2 fully saturated rings. The van der Waals surface area contributed by atoms with E-state index in [0.29, 0.717) is 29.0 Å². The number of nitro groups is 1. The van der Waals surface area contributed by atoms with Gasteiger partial charge in [-0.15, -0.1) is 0 Å². The zero-order valence-electron chi connectivity index (χ0n) is 20.3. The molecule has 5 rings (SSSR count). The number of hydrogen-bond donors (Lipinski definition) is 1. The van der Waals surface area contributed by atoms with Crippen molar-refractivity contribution in [2.45, 2.75) is 26.4 Å². The molecule has 1 saturated heterocycles. The van der Waals surface area contributed by atoms with E-state index in [9.17, 15) is 19.3 Å². The molecule has 0 radical (unpaired) electrons. The highest BCUT2D eigenvalue weighted by Crippen LogP contribution is 2.51. The molecule has 9 nitrogen and oxygen atoms in total. The summed E-state index contributed by atoms with van der Waals surface area (Å²) in [5, 5.41) is 15.4. The predicted octanol–water partition coefficient (Wildman–Crippen LogP) is 5.54. The Morgan fingerprint density at radius 1 is 1.24 bits per heavy atom. The van der Waals surface area contributed by atoms with Crippen LogP contribution in [-0.4, -0.2) is 44.6 Å². The summed E-state index contributed by atoms with van der Waals surface area (Å²) in [5.74, 6) is 6.28. The van der Waals surface area contributed by atoms with Crippen molar-refractivity contribution in [3.8, 4) is 11.8 Å². The van der Waals surface area contributed by atoms with Gasteiger partial charge in [0.05, 0.1) is 16.1 Å². The Morgan fingerprint density at radius 3 is 2.65 bits per heavy atom. The SMILES string of the molecule is CC(C)(C)OC(=O)N1C[C@@H]2C(C#Cc3cc4ncnc(Nc5cc(Cl)ccc5F)c4cc3[N+](=O)[O-])[C@@H]2C1. The third-order valence-electron chi connectivity index (χ3n) is 6.35. The molecule has 1 saturated carbocycles. The van der Waals surface area contributed by atoms with E-state index in [4.69, 9.17) is 16.3 Å². The molecular formula is C26H23ClFN5O4. The molecular weight excluding hydrogens is 501 g/mol. The molecule has 0 bridgehead atoms. The quantitative estimate of drug-likeness (QED) is 0.272. The number of nitro benzene ring substituents is 1. The lowest BCUT2D eigenvalue weighted by atomic mass is 10.1. The van der Waals surface area contributed by atoms with Crippen LogP contribution in [0.3, 0.4) is 0 Å². The van der Waals surface area contributed by atoms with Gasteiger partial charge in [0.1, 0.15) is 29.1 Å². The molecule has 2 heterocycles. The molecule has 0 spiro atoms. The maximum Gasteiger partial charge on any atom is 0.410 e. The van der Waals surface area contributed by atoms with Gasteiger partial charge in [0, 0.05) is 35.5 Å². The highest BCUT2D eigenvalue weighted by Gasteiger charge is 2.56. The summed E-state index contributed by atoms with van der Waals surface area (Å²) in [6.07, 6.45) is 0.950. The number of piperidine rings is 1. The fraction of sp³-hybridized carbons (Fsp3) is 0.346. The lowest BCUT2D eigenvalue weighted by molar-refractivity contribution is -0.385. The molecule has 2 aromatic carbocycles. The fourth-order valence-electron chi connectivity index (χ4n) is 4.54. The maximum atomic E-state index is 14.2. The van der Waals surface area contributed by atoms with Crippen molar-refractivity contribution in [3.05, 3.63) is 63.2 Å². The molecule has 2 aliphatic rings. The van der Waals surface area contributed by atoms with E-state index in [2.05, 4.69) is 27.1 Å². The second kappa shape index (κ2) is 9.16. The van der Waals surface area contributed by atoms with Crippen LogP contribution >= 0.6 is 11.6 Å². The van der Waals surface area contributed by atoms with E-state index in [1.54, 1.807) is 4.90 Å². The molecule has 3 aromatic rings. The Balaban J connectivity index is 1.38. The Kier molecular flexibility index (Phi) is 6.12. The average Bonchev–Trinajstić information content (AvgIpc) is 3.26. The lowest BCUT2D eigenvalue weighted by Gasteiger charge is -2.25. The van der Waals surface area contributed by atoms with E-state index in [1.807, 2.05) is 20.8 Å². The summed E-state index contributed by atoms with van der Waals surface area (Å²) in [6, 6.07) is 6.90. The van der Waals surface area contributed by atoms with Gasteiger partial charge in [0.15, 0.2) is 0 Å². The number of aromatic nitrogens is 2. The van der Waals surface area contributed by atoms with Gasteiger partial charge in [-0.2, -0.15) is 0 Å². The third kappa shape index (κ3) is 5.13. The van der Waals surface area contributed by atoms with E-state index in [1.165, 1.54) is 36.7 Å². The van der Waals surface area contributed by atoms with Crippen LogP contribution in [0.4, 0.5) is 26.4 Å². The molecule has 1 aliphatic carbocycles. The highest BCUT2D eigenvalue weighted by atomic mass is 35.5. The summed E-state index contributed by atoms with van der Waals surface area (Å²) in [6.45, 7) is 6.59. The highest BCUT2D eigenvalue weighted by molar-refractivity contribution is 6.30. The second-order valence-corrected chi connectivity index (χ2v) is 10.6. The lowest BCUT2D eigenvalue weighted by Crippen LogP contribution is -2.37. The number of nitrogens with zero attached hydrogens (tertiary/aromatic N) is 4. The van der Waals surface area contributed by atoms with Crippen LogP contribution in [0.15, 0.2) is 36.7 Å². The van der Waals surface area contributed by atoms with Crippen molar-refractivity contribution in [2.24, 2.45) is 17.8 Å². The van der Waals surface area contributed by atoms with Crippen LogP contribution < -0.4 is 5.32 Å². The van der Waals surface area contributed by atoms with Crippen LogP contribution in [0.25, 0.3) is 10.9 Å². The second-order valence-electron chi connectivity index (χ2n) is 10.1. The number of carbonyl (C=O) groups is 1. The first-order chi connectivity index (χ1) is 17.5. The van der Waals surface area contributed by atoms with Gasteiger partial charge in [-0.25, -0.2) is 19.2 Å². The van der Waals surface area contributed by atoms with Gasteiger partial charge in [-0.05, 0) is 56.9 Å². The fourth-order valence-corrected chi connectivity index (χ4v) is 4.71. The Labute approximate surface area is 217 Å². The van der Waals surface area contributed by atoms with Crippen LogP contribution in [0.5, 0.6) is 0 Å². The monoisotopic (exact) mass is 523 g/mol. The number of halogens is 2. The Hall–Kier alpha value is -3.97. The normalized spacial score (nSPS) is 20.1. The summed E-state index contributed by atoms with van der Waals surface area (Å²) < 4.78 is 19.7. The number of ether oxygens (including phenoxy) is 1. The van der Waals surface area contributed by atoms with Crippen molar-refractivity contribution >= 4 is 45.8 Å². The molecule has 3 atom stereocenters. The van der Waals surface area contributed by atoms with Crippen molar-refractivity contribution < 1.29 is 18.8 Å². The largest absolute Gasteiger partial charge is 0.444 e. The smallest absolute Gasteiger partial charge is 0.410 e. The number of carbonyl (C=O) groups excluding carboxylic acids is 1. The van der Waals surface area contributed by atoms with Gasteiger partial charge in [-0.1, -0.05) is 23.4 Å². The first-order valence-corrected chi connectivity index (χ1v) is 12.0. The molecule has 37 heavy (non-hydrogen) atoms. The number of hydrogen-bond acceptors (Lipinski definition) is 7. The number of nitrogens with one attached hydrogen (secondary N) is 1. The third-order valence-corrected chi connectivity index (χ3v) is 6.59. The van der Waals surface area contributed by atoms with Crippen molar-refractivity contribution in [3.63, 3.8) is 0 Å². The first-order valence-electron chi connectivity index (χ1n) is 11.6. The Morgan fingerprint density at radius 2 is 1.97 bits per heavy atom. The molecule has 1 N–H and O–H groups in total. The first kappa shape index (κ1) is 24.7. The summed E-state index contributed by atoms with van der Waals surface area (Å²) in [4.78, 5) is 33.7. The van der Waals surface area contributed by atoms with E-state index in [0.717, 1.165) is 0 Å². The van der Waals surface area contributed by atoms with Crippen LogP contribution in [0.1, 0.15) is 26.3 Å². The average molecular weight is 524 g/mol. The standard InChI is InChI=1S/C26H23ClFN5O4/c1-26(2,3)37-25(34)32-11-18-16(19(18)12-32)6-4-14-8-21-17(10-23(14)33(35)36)24(30-13-29-21)31-22-9-15(27)5-7-20(22)28/h5,7-10,13,16,18-19H,11-12H2,1-3H3,(H,29,30,31)/t16?,18-,19+. The van der Waals surface area contributed by atoms with Crippen LogP contribution in [-0.2, 0) is 4.74 Å². The molecule has 1 unspecified atom stereocenters. The van der Waals surface area contributed by atoms with Gasteiger partial charge in [0.2, 0.25) is 0 Å². The van der Waals surface area contributed by atoms with Crippen molar-refractivity contribution in [2.75, 3.05) is 18.4 Å². The minimum Gasteiger partial charge on any atom is -0.444 e. The maximum absolute atomic E-state index is 14.2. The van der Waals surface area contributed by atoms with Crippen LogP contribution in [0, 0.1) is 45.5 Å². The Bertz CT molecular complexity index is 1480. The van der Waals surface area contributed by atoms with Gasteiger partial charge in [-0.3, -0.25) is 10.1 Å². The number of benzene rings is 2. The van der Waals surface area contributed by atoms with Gasteiger partial charge in [0.25, 0.3) is 5.69 Å². The summed E-state index contributed by atoms with van der Waals surface area (Å²) in [7, 11) is 0. The number of amides is 1. The molecule has 11 heteroatoms. The molecule has 1 aromatic heterocycles. The molecule has 1 aliphatic heterocycles. The van der Waals surface area contributed by atoms with E-state index < -0.39 is 16.3 Å². The van der Waals surface area contributed by atoms with Crippen molar-refractivity contribution in [1.82, 2.24) is 14.9 Å². The summed E-state index contributed by atoms with van der Waals surface area (Å²) >= 11 is 5.97. The van der Waals surface area contributed by atoms with Gasteiger partial charge >= 0.3 is 6.09 Å². The molecule has 190 valence electrons.